The number of hydrogen-bond acceptors (Lipinski definition) is 16. The van der Waals surface area contributed by atoms with Crippen LogP contribution in [0.3, 0.4) is 0 Å². The zero-order valence-electron chi connectivity index (χ0n) is 32.4. The van der Waals surface area contributed by atoms with E-state index in [2.05, 4.69) is 36.1 Å². The van der Waals surface area contributed by atoms with Crippen molar-refractivity contribution in [2.24, 2.45) is 0 Å². The summed E-state index contributed by atoms with van der Waals surface area (Å²) >= 11 is 3.33. The van der Waals surface area contributed by atoms with E-state index in [9.17, 15) is 46.8 Å². The van der Waals surface area contributed by atoms with Crippen molar-refractivity contribution < 1.29 is 51.3 Å². The van der Waals surface area contributed by atoms with Crippen LogP contribution >= 0.6 is 34.0 Å². The number of anilines is 1. The molecule has 5 N–H and O–H groups in total. The van der Waals surface area contributed by atoms with Crippen molar-refractivity contribution in [3.63, 3.8) is 0 Å². The van der Waals surface area contributed by atoms with E-state index in [1.807, 2.05) is 6.07 Å². The molecule has 0 bridgehead atoms. The van der Waals surface area contributed by atoms with Crippen molar-refractivity contribution in [2.75, 3.05) is 5.32 Å². The summed E-state index contributed by atoms with van der Waals surface area (Å²) in [6.07, 6.45) is 1.03. The van der Waals surface area contributed by atoms with Crippen LogP contribution in [0.4, 0.5) is 5.13 Å². The number of nitrogens with zero attached hydrogens (tertiary/aromatic N) is 4. The molecule has 60 heavy (non-hydrogen) atoms. The van der Waals surface area contributed by atoms with Gasteiger partial charge in [-0.05, 0) is 56.9 Å². The van der Waals surface area contributed by atoms with E-state index >= 15 is 0 Å². The molecule has 20 nitrogen and oxygen atoms in total. The lowest BCUT2D eigenvalue weighted by atomic mass is 10.0. The maximum atomic E-state index is 12.8. The van der Waals surface area contributed by atoms with E-state index in [-0.39, 0.29) is 89.4 Å². The Bertz CT molecular complexity index is 2590. The molecular weight excluding hydrogens is 863 g/mol. The molecule has 2 atom stereocenters. The molecule has 2 unspecified atom stereocenters. The van der Waals surface area contributed by atoms with Crippen LogP contribution in [0.2, 0.25) is 0 Å². The van der Waals surface area contributed by atoms with Crippen LogP contribution in [0, 0.1) is 20.8 Å². The minimum absolute atomic E-state index is 0.00505. The van der Waals surface area contributed by atoms with Gasteiger partial charge in [-0.25, -0.2) is 18.1 Å². The zero-order chi connectivity index (χ0) is 43.2. The Hall–Kier alpha value is -5.69. The first-order valence-electron chi connectivity index (χ1n) is 18.4. The van der Waals surface area contributed by atoms with E-state index in [1.165, 1.54) is 46.3 Å². The molecular formula is C36H37N9O11S4. The van der Waals surface area contributed by atoms with Crippen LogP contribution in [-0.4, -0.2) is 87.7 Å². The lowest BCUT2D eigenvalue weighted by Crippen LogP contribution is -2.52. The van der Waals surface area contributed by atoms with Gasteiger partial charge in [-0.2, -0.15) is 0 Å². The molecule has 2 fully saturated rings. The zero-order valence-corrected chi connectivity index (χ0v) is 35.6. The first-order valence-corrected chi connectivity index (χ1v) is 22.3. The van der Waals surface area contributed by atoms with Crippen molar-refractivity contribution in [1.82, 2.24) is 40.6 Å². The van der Waals surface area contributed by atoms with Crippen LogP contribution in [-0.2, 0) is 60.2 Å². The predicted octanol–water partition coefficient (Wildman–Crippen LogP) is 1.75. The molecule has 4 aromatic rings. The SMILES string of the molecule is CC(=O)Nc1nc(C)c(S(=O)(=O)NCc2cc3c(s2)C(=O)N(C2CCC(=O)NC2=O)C3)s1.Cc1noc(C)c1C(=O)NCc1cc2c(s1)C(=O)N(C1CCC(=O)NC1=O)C2. The predicted molar refractivity (Wildman–Crippen MR) is 213 cm³/mol. The summed E-state index contributed by atoms with van der Waals surface area (Å²) in [6, 6.07) is 2.31. The van der Waals surface area contributed by atoms with E-state index in [0.29, 0.717) is 44.6 Å². The van der Waals surface area contributed by atoms with Crippen LogP contribution in [0.1, 0.15) is 100 Å². The van der Waals surface area contributed by atoms with Crippen LogP contribution < -0.4 is 26.0 Å². The second-order valence-corrected chi connectivity index (χ2v) is 19.4. The van der Waals surface area contributed by atoms with Crippen molar-refractivity contribution in [1.29, 1.82) is 0 Å². The van der Waals surface area contributed by atoms with Gasteiger partial charge < -0.3 is 25.0 Å². The monoisotopic (exact) mass is 899 g/mol. The van der Waals surface area contributed by atoms with Crippen molar-refractivity contribution in [3.8, 4) is 0 Å². The van der Waals surface area contributed by atoms with Gasteiger partial charge in [0.1, 0.15) is 23.4 Å². The maximum absolute atomic E-state index is 12.8. The van der Waals surface area contributed by atoms with Gasteiger partial charge in [0.05, 0.1) is 27.7 Å². The number of imide groups is 2. The summed E-state index contributed by atoms with van der Waals surface area (Å²) in [5.74, 6) is -2.23. The molecule has 2 saturated heterocycles. The Morgan fingerprint density at radius 3 is 1.82 bits per heavy atom. The van der Waals surface area contributed by atoms with Gasteiger partial charge in [-0.15, -0.1) is 22.7 Å². The van der Waals surface area contributed by atoms with Crippen LogP contribution in [0.5, 0.6) is 0 Å². The highest BCUT2D eigenvalue weighted by atomic mass is 32.2. The molecule has 4 aromatic heterocycles. The largest absolute Gasteiger partial charge is 0.361 e. The number of carbonyl (C=O) groups excluding carboxylic acids is 8. The van der Waals surface area contributed by atoms with Gasteiger partial charge in [0.15, 0.2) is 9.34 Å². The number of nitrogens with one attached hydrogen (secondary N) is 5. The van der Waals surface area contributed by atoms with Gasteiger partial charge in [0.25, 0.3) is 27.7 Å². The fourth-order valence-electron chi connectivity index (χ4n) is 7.11. The van der Waals surface area contributed by atoms with Gasteiger partial charge in [0, 0.05) is 49.2 Å². The fourth-order valence-corrected chi connectivity index (χ4v) is 11.8. The summed E-state index contributed by atoms with van der Waals surface area (Å²) in [4.78, 5) is 105. The molecule has 0 spiro atoms. The summed E-state index contributed by atoms with van der Waals surface area (Å²) in [5.41, 5.74) is 2.78. The summed E-state index contributed by atoms with van der Waals surface area (Å²) in [6.45, 7) is 7.06. The number of thiazole rings is 1. The molecule has 4 aliphatic rings. The molecule has 4 aliphatic heterocycles. The first kappa shape index (κ1) is 42.4. The molecule has 24 heteroatoms. The van der Waals surface area contributed by atoms with Crippen molar-refractivity contribution in [2.45, 2.75) is 95.9 Å². The average molecular weight is 900 g/mol. The number of aryl methyl sites for hydroxylation is 3. The number of piperidine rings is 2. The Morgan fingerprint density at radius 1 is 0.817 bits per heavy atom. The Morgan fingerprint density at radius 2 is 1.35 bits per heavy atom. The second-order valence-electron chi connectivity index (χ2n) is 14.2. The van der Waals surface area contributed by atoms with Crippen molar-refractivity contribution >= 4 is 96.4 Å². The fraction of sp³-hybridized carbons (Fsp3) is 0.389. The molecule has 0 saturated carbocycles. The summed E-state index contributed by atoms with van der Waals surface area (Å²) in [7, 11) is -3.87. The second kappa shape index (κ2) is 16.8. The Labute approximate surface area is 353 Å². The number of aromatic nitrogens is 2. The third-order valence-corrected chi connectivity index (χ3v) is 15.3. The quantitative estimate of drug-likeness (QED) is 0.142. The number of thiophene rings is 2. The highest BCUT2D eigenvalue weighted by Crippen LogP contribution is 2.35. The molecule has 0 aromatic carbocycles. The molecule has 0 aliphatic carbocycles. The van der Waals surface area contributed by atoms with E-state index in [4.69, 9.17) is 4.52 Å². The molecule has 316 valence electrons. The normalized spacial score (nSPS) is 18.8. The van der Waals surface area contributed by atoms with Crippen LogP contribution in [0.15, 0.2) is 20.9 Å². The van der Waals surface area contributed by atoms with Crippen molar-refractivity contribution in [3.05, 3.63) is 65.5 Å². The number of rotatable bonds is 10. The van der Waals surface area contributed by atoms with E-state index < -0.39 is 33.9 Å². The lowest BCUT2D eigenvalue weighted by Gasteiger charge is -2.29. The highest BCUT2D eigenvalue weighted by Gasteiger charge is 2.42. The highest BCUT2D eigenvalue weighted by molar-refractivity contribution is 7.91. The number of sulfonamides is 1. The molecule has 8 amide bonds. The first-order chi connectivity index (χ1) is 28.4. The third-order valence-electron chi connectivity index (χ3n) is 9.89. The molecule has 0 radical (unpaired) electrons. The number of hydrogen-bond donors (Lipinski definition) is 5. The van der Waals surface area contributed by atoms with E-state index in [1.54, 1.807) is 19.9 Å². The third kappa shape index (κ3) is 8.63. The molecule has 8 rings (SSSR count). The van der Waals surface area contributed by atoms with E-state index in [0.717, 1.165) is 27.3 Å². The van der Waals surface area contributed by atoms with Gasteiger partial charge in [-0.3, -0.25) is 49.0 Å². The smallest absolute Gasteiger partial charge is 0.265 e. The average Bonchev–Trinajstić information content (AvgIpc) is 4.02. The number of carbonyl (C=O) groups is 8. The van der Waals surface area contributed by atoms with Gasteiger partial charge in [0.2, 0.25) is 29.5 Å². The standard InChI is InChI=1S/C18H19N5O6S3.C18H18N4O5S/c1-8-17(31-18(20-8)21-9(2)24)32(28,29)19-6-11-5-10-7-23(16(27)14(10)30-11)12-3-4-13(25)22-15(12)26;1-8-14(9(2)27-21-8)17(25)19-6-11-5-10-7-22(18(26)15(10)28-11)12-3-4-13(23)20-16(12)24/h5,12,19H,3-4,6-7H2,1-2H3,(H,20,21,24)(H,22,25,26);5,12H,3-4,6-7H2,1-2H3,(H,19,25)(H,20,23,24). The Kier molecular flexibility index (Phi) is 11.8. The van der Waals surface area contributed by atoms with Gasteiger partial charge in [-0.1, -0.05) is 16.5 Å². The van der Waals surface area contributed by atoms with Crippen LogP contribution in [0.25, 0.3) is 0 Å². The minimum Gasteiger partial charge on any atom is -0.361 e. The topological polar surface area (TPSA) is 276 Å². The summed E-state index contributed by atoms with van der Waals surface area (Å²) in [5, 5.41) is 13.8. The number of fused-ring (bicyclic) bond motifs is 2. The lowest BCUT2D eigenvalue weighted by molar-refractivity contribution is -0.138. The number of amides is 8. The summed E-state index contributed by atoms with van der Waals surface area (Å²) < 4.78 is 32.9. The van der Waals surface area contributed by atoms with Gasteiger partial charge >= 0.3 is 0 Å². The maximum Gasteiger partial charge on any atom is 0.265 e. The minimum atomic E-state index is -3.87. The Balaban J connectivity index is 0.000000183. The molecule has 8 heterocycles.